The van der Waals surface area contributed by atoms with Gasteiger partial charge in [-0.2, -0.15) is 0 Å². The molecule has 0 saturated carbocycles. The van der Waals surface area contributed by atoms with Crippen molar-refractivity contribution >= 4 is 79.9 Å². The van der Waals surface area contributed by atoms with E-state index in [9.17, 15) is 0 Å². The van der Waals surface area contributed by atoms with Crippen molar-refractivity contribution in [3.05, 3.63) is 210 Å². The molecule has 0 spiro atoms. The molecule has 0 fully saturated rings. The predicted octanol–water partition coefficient (Wildman–Crippen LogP) is 15.5. The van der Waals surface area contributed by atoms with Crippen LogP contribution in [0.5, 0.6) is 0 Å². The molecule has 3 nitrogen and oxygen atoms in total. The highest BCUT2D eigenvalue weighted by Crippen LogP contribution is 2.50. The molecule has 0 unspecified atom stereocenters. The summed E-state index contributed by atoms with van der Waals surface area (Å²) in [6.07, 6.45) is 5.88. The Morgan fingerprint density at radius 2 is 0.985 bits per heavy atom. The van der Waals surface area contributed by atoms with Gasteiger partial charge in [0.05, 0.1) is 11.4 Å². The third-order valence-electron chi connectivity index (χ3n) is 13.6. The molecule has 0 amide bonds. The van der Waals surface area contributed by atoms with E-state index in [1.54, 1.807) is 0 Å². The van der Waals surface area contributed by atoms with Crippen molar-refractivity contribution in [3.8, 4) is 0 Å². The summed E-state index contributed by atoms with van der Waals surface area (Å²) in [5.74, 6) is 0. The second-order valence-corrected chi connectivity index (χ2v) is 21.4. The molecule has 0 radical (unpaired) electrons. The number of para-hydroxylation sites is 1. The number of allylic oxidation sites excluding steroid dienone is 4. The smallest absolute Gasteiger partial charge is 0.252 e. The number of fused-ring (bicyclic) bond motifs is 4. The Hall–Kier alpha value is -6.78. The second-order valence-electron chi connectivity index (χ2n) is 21.4. The molecule has 7 aromatic rings. The quantitative estimate of drug-likeness (QED) is 0.111. The lowest BCUT2D eigenvalue weighted by Crippen LogP contribution is -2.61. The molecule has 66 heavy (non-hydrogen) atoms. The topological polar surface area (TPSA) is 9.72 Å². The Morgan fingerprint density at radius 3 is 1.55 bits per heavy atom. The zero-order valence-corrected chi connectivity index (χ0v) is 40.9. The first-order chi connectivity index (χ1) is 31.4. The van der Waals surface area contributed by atoms with Crippen molar-refractivity contribution in [2.24, 2.45) is 0 Å². The van der Waals surface area contributed by atoms with Gasteiger partial charge in [-0.25, -0.2) is 0 Å². The average Bonchev–Trinajstić information content (AvgIpc) is 3.28. The summed E-state index contributed by atoms with van der Waals surface area (Å²) in [6, 6.07) is 55.4. The van der Waals surface area contributed by atoms with E-state index in [1.807, 2.05) is 12.2 Å². The number of anilines is 9. The number of hydrogen-bond donors (Lipinski definition) is 0. The molecule has 7 aromatic carbocycles. The van der Waals surface area contributed by atoms with Gasteiger partial charge in [0.2, 0.25) is 0 Å². The summed E-state index contributed by atoms with van der Waals surface area (Å²) < 4.78 is 0. The van der Waals surface area contributed by atoms with Crippen LogP contribution in [0.15, 0.2) is 177 Å². The molecular formula is C62H64BN3. The molecule has 2 aliphatic rings. The van der Waals surface area contributed by atoms with E-state index in [-0.39, 0.29) is 23.0 Å². The van der Waals surface area contributed by atoms with Gasteiger partial charge in [-0.3, -0.25) is 0 Å². The van der Waals surface area contributed by atoms with Gasteiger partial charge in [0.25, 0.3) is 6.71 Å². The van der Waals surface area contributed by atoms with Gasteiger partial charge < -0.3 is 14.7 Å². The average molecular weight is 862 g/mol. The Bertz CT molecular complexity index is 2970. The number of nitrogens with zero attached hydrogens (tertiary/aromatic N) is 3. The summed E-state index contributed by atoms with van der Waals surface area (Å²) in [6.45, 7) is 33.4. The first kappa shape index (κ1) is 44.4. The molecule has 0 saturated heterocycles. The number of aryl methyl sites for hydroxylation is 2. The zero-order chi connectivity index (χ0) is 46.9. The Morgan fingerprint density at radius 1 is 0.485 bits per heavy atom. The molecule has 2 heterocycles. The fraction of sp³-hybridized carbons (Fsp3) is 0.226. The fourth-order valence-electron chi connectivity index (χ4n) is 9.91. The monoisotopic (exact) mass is 862 g/mol. The van der Waals surface area contributed by atoms with Crippen LogP contribution >= 0.6 is 0 Å². The van der Waals surface area contributed by atoms with Crippen LogP contribution in [0.2, 0.25) is 0 Å². The highest BCUT2D eigenvalue weighted by atomic mass is 15.2. The van der Waals surface area contributed by atoms with Crippen molar-refractivity contribution in [1.29, 1.82) is 0 Å². The Labute approximate surface area is 395 Å². The maximum Gasteiger partial charge on any atom is 0.252 e. The van der Waals surface area contributed by atoms with Gasteiger partial charge in [-0.05, 0) is 135 Å². The molecule has 9 rings (SSSR count). The van der Waals surface area contributed by atoms with E-state index < -0.39 is 0 Å². The number of hydrogen-bond acceptors (Lipinski definition) is 3. The van der Waals surface area contributed by atoms with Crippen LogP contribution in [-0.2, 0) is 16.2 Å². The molecule has 330 valence electrons. The molecule has 0 bridgehead atoms. The Kier molecular flexibility index (Phi) is 11.2. The summed E-state index contributed by atoms with van der Waals surface area (Å²) in [5.41, 5.74) is 22.5. The third-order valence-corrected chi connectivity index (χ3v) is 13.6. The maximum atomic E-state index is 4.30. The van der Waals surface area contributed by atoms with Crippen molar-refractivity contribution < 1.29 is 0 Å². The van der Waals surface area contributed by atoms with E-state index in [2.05, 4.69) is 256 Å². The van der Waals surface area contributed by atoms with Crippen LogP contribution in [0.4, 0.5) is 51.2 Å². The van der Waals surface area contributed by atoms with Crippen molar-refractivity contribution in [2.75, 3.05) is 14.7 Å². The molecular weight excluding hydrogens is 798 g/mol. The molecule has 0 aromatic heterocycles. The van der Waals surface area contributed by atoms with Crippen LogP contribution in [0.1, 0.15) is 95.7 Å². The summed E-state index contributed by atoms with van der Waals surface area (Å²) in [4.78, 5) is 7.51. The van der Waals surface area contributed by atoms with Crippen LogP contribution < -0.4 is 31.1 Å². The minimum absolute atomic E-state index is 0.0154. The standard InChI is InChI=1S/C62H64BN3/c1-14-18-43(15-2)51-19-16-17-20-54(51)66-56-36-28-46(62(11,12)13)38-53(56)63-52-37-42(4)23-35-55(52)65(49-29-21-41(3)22-30-49)57-39-50(40-58(66)59(57)63)64(47-31-24-44(25-32-47)60(5,6)7)48-33-26-45(27-34-48)61(8,9)10/h14-40H,1-2H2,3-13H3/b43-18+. The highest BCUT2D eigenvalue weighted by molar-refractivity contribution is 7.00. The first-order valence-electron chi connectivity index (χ1n) is 23.5. The molecule has 0 N–H and O–H groups in total. The lowest BCUT2D eigenvalue weighted by Gasteiger charge is -2.45. The minimum Gasteiger partial charge on any atom is -0.311 e. The Balaban J connectivity index is 1.44. The molecule has 2 aliphatic heterocycles. The van der Waals surface area contributed by atoms with Crippen molar-refractivity contribution in [2.45, 2.75) is 92.4 Å². The third kappa shape index (κ3) is 7.91. The summed E-state index contributed by atoms with van der Waals surface area (Å²) in [5, 5.41) is 0. The minimum atomic E-state index is -0.0585. The van der Waals surface area contributed by atoms with E-state index in [0.29, 0.717) is 0 Å². The summed E-state index contributed by atoms with van der Waals surface area (Å²) in [7, 11) is 0. The van der Waals surface area contributed by atoms with E-state index >= 15 is 0 Å². The lowest BCUT2D eigenvalue weighted by atomic mass is 9.33. The van der Waals surface area contributed by atoms with Crippen LogP contribution in [0, 0.1) is 13.8 Å². The van der Waals surface area contributed by atoms with Gasteiger partial charge in [0.1, 0.15) is 0 Å². The first-order valence-corrected chi connectivity index (χ1v) is 23.5. The number of rotatable bonds is 8. The molecule has 4 heteroatoms. The van der Waals surface area contributed by atoms with Gasteiger partial charge in [0.15, 0.2) is 0 Å². The summed E-state index contributed by atoms with van der Waals surface area (Å²) >= 11 is 0. The predicted molar refractivity (Wildman–Crippen MR) is 289 cm³/mol. The van der Waals surface area contributed by atoms with E-state index in [1.165, 1.54) is 55.6 Å². The number of benzene rings is 7. The highest BCUT2D eigenvalue weighted by Gasteiger charge is 2.45. The van der Waals surface area contributed by atoms with E-state index in [4.69, 9.17) is 0 Å². The SMILES string of the molecule is C=C/C=C(\C=C)c1ccccc1N1c2ccc(C(C)(C)C)cc2B2c3cc(C)ccc3N(c3ccc(C)cc3)c3cc(N(c4ccc(C(C)(C)C)cc4)c4ccc(C(C)(C)C)cc4)cc1c32. The van der Waals surface area contributed by atoms with Crippen LogP contribution in [0.3, 0.4) is 0 Å². The van der Waals surface area contributed by atoms with Gasteiger partial charge >= 0.3 is 0 Å². The molecule has 0 aliphatic carbocycles. The van der Waals surface area contributed by atoms with Gasteiger partial charge in [-0.1, -0.05) is 184 Å². The lowest BCUT2D eigenvalue weighted by molar-refractivity contribution is 0.590. The van der Waals surface area contributed by atoms with Gasteiger partial charge in [0, 0.05) is 45.4 Å². The fourth-order valence-corrected chi connectivity index (χ4v) is 9.91. The molecule has 0 atom stereocenters. The normalized spacial score (nSPS) is 13.5. The largest absolute Gasteiger partial charge is 0.311 e. The second kappa shape index (κ2) is 16.6. The maximum absolute atomic E-state index is 4.30. The van der Waals surface area contributed by atoms with Crippen LogP contribution in [0.25, 0.3) is 5.57 Å². The van der Waals surface area contributed by atoms with Crippen molar-refractivity contribution in [1.82, 2.24) is 0 Å². The van der Waals surface area contributed by atoms with E-state index in [0.717, 1.165) is 50.9 Å². The van der Waals surface area contributed by atoms with Crippen molar-refractivity contribution in [3.63, 3.8) is 0 Å². The van der Waals surface area contributed by atoms with Gasteiger partial charge in [-0.15, -0.1) is 0 Å². The zero-order valence-electron chi connectivity index (χ0n) is 40.9. The van der Waals surface area contributed by atoms with Crippen LogP contribution in [-0.4, -0.2) is 6.71 Å².